The number of nitrogens with two attached hydrogens (primary N) is 1. The van der Waals surface area contributed by atoms with Crippen molar-refractivity contribution < 1.29 is 9.13 Å². The van der Waals surface area contributed by atoms with E-state index in [1.54, 1.807) is 24.3 Å². The molecule has 1 heterocycles. The van der Waals surface area contributed by atoms with E-state index in [1.807, 2.05) is 0 Å². The number of nitrogens with one attached hydrogen (secondary N) is 1. The van der Waals surface area contributed by atoms with Crippen LogP contribution in [-0.4, -0.2) is 12.1 Å². The second kappa shape index (κ2) is 5.97. The van der Waals surface area contributed by atoms with Crippen molar-refractivity contribution in [2.45, 2.75) is 6.04 Å². The van der Waals surface area contributed by atoms with Crippen molar-refractivity contribution in [3.8, 4) is 5.75 Å². The maximum atomic E-state index is 13.8. The summed E-state index contributed by atoms with van der Waals surface area (Å²) in [6.07, 6.45) is 2.66. The summed E-state index contributed by atoms with van der Waals surface area (Å²) in [6.45, 7) is 0. The summed E-state index contributed by atoms with van der Waals surface area (Å²) in [5.74, 6) is 5.60. The lowest BCUT2D eigenvalue weighted by molar-refractivity contribution is 0.413. The lowest BCUT2D eigenvalue weighted by Gasteiger charge is -2.18. The number of ether oxygens (including phenoxy) is 1. The Bertz CT molecular complexity index is 580. The number of methoxy groups -OCH3 is 1. The van der Waals surface area contributed by atoms with Crippen LogP contribution in [0.1, 0.15) is 17.2 Å². The van der Waals surface area contributed by atoms with Gasteiger partial charge in [-0.25, -0.2) is 9.82 Å². The van der Waals surface area contributed by atoms with Gasteiger partial charge in [0.1, 0.15) is 11.6 Å². The molecule has 2 rings (SSSR count). The van der Waals surface area contributed by atoms with Crippen LogP contribution in [0.2, 0.25) is 5.02 Å². The zero-order chi connectivity index (χ0) is 13.8. The minimum absolute atomic E-state index is 0.405. The number of aromatic nitrogens is 1. The normalized spacial score (nSPS) is 12.2. The summed E-state index contributed by atoms with van der Waals surface area (Å²) in [5.41, 5.74) is 3.73. The first kappa shape index (κ1) is 13.7. The Labute approximate surface area is 115 Å². The Kier molecular flexibility index (Phi) is 4.31. The van der Waals surface area contributed by atoms with Crippen LogP contribution < -0.4 is 16.0 Å². The van der Waals surface area contributed by atoms with E-state index < -0.39 is 11.9 Å². The molecule has 0 saturated carbocycles. The molecule has 0 aliphatic carbocycles. The average Bonchev–Trinajstić information content (AvgIpc) is 2.43. The molecule has 100 valence electrons. The van der Waals surface area contributed by atoms with Crippen molar-refractivity contribution in [1.29, 1.82) is 0 Å². The van der Waals surface area contributed by atoms with E-state index in [1.165, 1.54) is 13.3 Å². The molecule has 0 amide bonds. The summed E-state index contributed by atoms with van der Waals surface area (Å²) in [4.78, 5) is 3.71. The molecule has 4 nitrogen and oxygen atoms in total. The van der Waals surface area contributed by atoms with Crippen LogP contribution in [0.3, 0.4) is 0 Å². The predicted octanol–water partition coefficient (Wildman–Crippen LogP) is 2.44. The number of pyridine rings is 1. The van der Waals surface area contributed by atoms with E-state index in [0.29, 0.717) is 16.3 Å². The van der Waals surface area contributed by atoms with Crippen molar-refractivity contribution in [2.75, 3.05) is 7.11 Å². The number of nitrogens with zero attached hydrogens (tertiary/aromatic N) is 1. The first-order chi connectivity index (χ1) is 9.17. The molecule has 2 aromatic rings. The van der Waals surface area contributed by atoms with Gasteiger partial charge in [-0.05, 0) is 23.8 Å². The Morgan fingerprint density at radius 2 is 2.21 bits per heavy atom. The van der Waals surface area contributed by atoms with Crippen molar-refractivity contribution in [2.24, 2.45) is 5.84 Å². The van der Waals surface area contributed by atoms with Gasteiger partial charge in [0, 0.05) is 11.8 Å². The van der Waals surface area contributed by atoms with Gasteiger partial charge in [0.05, 0.1) is 24.4 Å². The van der Waals surface area contributed by atoms with Crippen LogP contribution in [0.4, 0.5) is 4.39 Å². The van der Waals surface area contributed by atoms with E-state index in [2.05, 4.69) is 10.4 Å². The van der Waals surface area contributed by atoms with Crippen LogP contribution in [0, 0.1) is 5.82 Å². The molecule has 0 saturated heterocycles. The second-order valence-electron chi connectivity index (χ2n) is 3.89. The highest BCUT2D eigenvalue weighted by molar-refractivity contribution is 6.32. The number of hydrogen-bond donors (Lipinski definition) is 2. The number of hydrogen-bond acceptors (Lipinski definition) is 4. The van der Waals surface area contributed by atoms with Crippen molar-refractivity contribution in [3.63, 3.8) is 0 Å². The number of rotatable bonds is 4. The summed E-state index contributed by atoms with van der Waals surface area (Å²) >= 11 is 5.96. The molecule has 0 aliphatic heterocycles. The van der Waals surface area contributed by atoms with Crippen LogP contribution in [0.25, 0.3) is 0 Å². The van der Waals surface area contributed by atoms with Crippen LogP contribution in [0.5, 0.6) is 5.75 Å². The maximum absolute atomic E-state index is 13.8. The predicted molar refractivity (Wildman–Crippen MR) is 71.4 cm³/mol. The lowest BCUT2D eigenvalue weighted by Crippen LogP contribution is -2.29. The smallest absolute Gasteiger partial charge is 0.146 e. The molecule has 1 aromatic heterocycles. The summed E-state index contributed by atoms with van der Waals surface area (Å²) in [7, 11) is 1.52. The summed E-state index contributed by atoms with van der Waals surface area (Å²) < 4.78 is 18.9. The summed E-state index contributed by atoms with van der Waals surface area (Å²) in [5, 5.41) is 0.484. The fourth-order valence-electron chi connectivity index (χ4n) is 1.84. The minimum Gasteiger partial charge on any atom is -0.495 e. The van der Waals surface area contributed by atoms with Gasteiger partial charge >= 0.3 is 0 Å². The Balaban J connectivity index is 2.45. The highest BCUT2D eigenvalue weighted by atomic mass is 35.5. The Morgan fingerprint density at radius 3 is 2.84 bits per heavy atom. The number of halogens is 2. The van der Waals surface area contributed by atoms with Crippen molar-refractivity contribution in [3.05, 3.63) is 58.6 Å². The monoisotopic (exact) mass is 281 g/mol. The third-order valence-corrected chi connectivity index (χ3v) is 3.10. The van der Waals surface area contributed by atoms with Gasteiger partial charge in [0.15, 0.2) is 0 Å². The molecule has 0 spiro atoms. The third-order valence-electron chi connectivity index (χ3n) is 2.79. The number of benzene rings is 1. The molecular weight excluding hydrogens is 269 g/mol. The highest BCUT2D eigenvalue weighted by Gasteiger charge is 2.17. The molecule has 3 N–H and O–H groups in total. The first-order valence-corrected chi connectivity index (χ1v) is 5.94. The Morgan fingerprint density at radius 1 is 1.42 bits per heavy atom. The molecular formula is C13H13ClFN3O. The van der Waals surface area contributed by atoms with Gasteiger partial charge in [0.2, 0.25) is 0 Å². The topological polar surface area (TPSA) is 60.2 Å². The van der Waals surface area contributed by atoms with E-state index in [0.717, 1.165) is 11.8 Å². The third kappa shape index (κ3) is 2.84. The quantitative estimate of drug-likeness (QED) is 0.667. The molecule has 19 heavy (non-hydrogen) atoms. The molecule has 0 bridgehead atoms. The van der Waals surface area contributed by atoms with Gasteiger partial charge in [-0.3, -0.25) is 10.8 Å². The SMILES string of the molecule is COc1cc(C(NN)c2ccncc2F)ccc1Cl. The molecule has 0 aliphatic rings. The number of hydrazine groups is 1. The minimum atomic E-state index is -0.505. The average molecular weight is 282 g/mol. The van der Waals surface area contributed by atoms with Crippen LogP contribution in [-0.2, 0) is 0 Å². The fourth-order valence-corrected chi connectivity index (χ4v) is 2.04. The van der Waals surface area contributed by atoms with Gasteiger partial charge in [-0.15, -0.1) is 0 Å². The first-order valence-electron chi connectivity index (χ1n) is 5.56. The van der Waals surface area contributed by atoms with Crippen molar-refractivity contribution in [1.82, 2.24) is 10.4 Å². The molecule has 0 radical (unpaired) electrons. The van der Waals surface area contributed by atoms with E-state index >= 15 is 0 Å². The summed E-state index contributed by atoms with van der Waals surface area (Å²) in [6, 6.07) is 6.22. The molecule has 1 aromatic carbocycles. The molecule has 6 heteroatoms. The highest BCUT2D eigenvalue weighted by Crippen LogP contribution is 2.30. The Hall–Kier alpha value is -1.69. The van der Waals surface area contributed by atoms with E-state index in [9.17, 15) is 4.39 Å². The fraction of sp³-hybridized carbons (Fsp3) is 0.154. The van der Waals surface area contributed by atoms with Crippen molar-refractivity contribution >= 4 is 11.6 Å². The zero-order valence-electron chi connectivity index (χ0n) is 10.2. The largest absolute Gasteiger partial charge is 0.495 e. The zero-order valence-corrected chi connectivity index (χ0v) is 11.0. The van der Waals surface area contributed by atoms with Crippen LogP contribution in [0.15, 0.2) is 36.7 Å². The standard InChI is InChI=1S/C13H13ClFN3O/c1-19-12-6-8(2-3-10(12)14)13(18-16)9-4-5-17-7-11(9)15/h2-7,13,18H,16H2,1H3. The molecule has 1 unspecified atom stereocenters. The lowest BCUT2D eigenvalue weighted by atomic mass is 9.99. The van der Waals surface area contributed by atoms with Gasteiger partial charge in [0.25, 0.3) is 0 Å². The van der Waals surface area contributed by atoms with Gasteiger partial charge in [-0.2, -0.15) is 0 Å². The molecule has 1 atom stereocenters. The van der Waals surface area contributed by atoms with Gasteiger partial charge in [-0.1, -0.05) is 17.7 Å². The molecule has 0 fully saturated rings. The van der Waals surface area contributed by atoms with E-state index in [-0.39, 0.29) is 0 Å². The van der Waals surface area contributed by atoms with E-state index in [4.69, 9.17) is 22.2 Å². The van der Waals surface area contributed by atoms with Crippen LogP contribution >= 0.6 is 11.6 Å². The van der Waals surface area contributed by atoms with Gasteiger partial charge < -0.3 is 4.74 Å². The second-order valence-corrected chi connectivity index (χ2v) is 4.30. The maximum Gasteiger partial charge on any atom is 0.146 e.